The normalized spacial score (nSPS) is 19.1. The molecule has 0 unspecified atom stereocenters. The number of aromatic nitrogens is 2. The Balaban J connectivity index is 0.000000253. The van der Waals surface area contributed by atoms with E-state index < -0.39 is 65.0 Å². The smallest absolute Gasteiger partial charge is 0.326 e. The van der Waals surface area contributed by atoms with Crippen molar-refractivity contribution in [3.8, 4) is 23.6 Å². The summed E-state index contributed by atoms with van der Waals surface area (Å²) in [5.41, 5.74) is -0.0249. The molecule has 4 aliphatic carbocycles. The van der Waals surface area contributed by atoms with Crippen LogP contribution in [-0.2, 0) is 43.1 Å². The number of ketones is 6. The third-order valence-corrected chi connectivity index (χ3v) is 18.6. The van der Waals surface area contributed by atoms with E-state index in [-0.39, 0.29) is 90.1 Å². The van der Waals surface area contributed by atoms with Crippen molar-refractivity contribution < 1.29 is 67.3 Å². The summed E-state index contributed by atoms with van der Waals surface area (Å²) in [6.07, 6.45) is 14.0. The van der Waals surface area contributed by atoms with Gasteiger partial charge in [0.05, 0.1) is 55.7 Å². The van der Waals surface area contributed by atoms with Crippen LogP contribution in [0.3, 0.4) is 0 Å². The molecule has 0 bridgehead atoms. The number of aliphatic carboxylic acids is 1. The zero-order valence-corrected chi connectivity index (χ0v) is 54.4. The first-order chi connectivity index (χ1) is 43.5. The van der Waals surface area contributed by atoms with Gasteiger partial charge in [-0.2, -0.15) is 10.5 Å². The zero-order chi connectivity index (χ0) is 66.4. The summed E-state index contributed by atoms with van der Waals surface area (Å²) in [5, 5.41) is 34.4. The van der Waals surface area contributed by atoms with Crippen LogP contribution in [0.15, 0.2) is 48.5 Å². The molecule has 0 aliphatic heterocycles. The first-order valence-electron chi connectivity index (χ1n) is 32.4. The van der Waals surface area contributed by atoms with Crippen LogP contribution in [-0.4, -0.2) is 112 Å². The third kappa shape index (κ3) is 19.9. The largest absolute Gasteiger partial charge is 0.496 e. The average Bonchev–Trinajstić information content (AvgIpc) is 1.80. The predicted molar refractivity (Wildman–Crippen MR) is 342 cm³/mol. The monoisotopic (exact) mass is 1270 g/mol. The SMILES string of the molecule is COc1cccc2[nH]c(C(=O)C[C@@H](CC(C)C)C(=O)N[C@@H](C[C@@H]3CCCCC3=O)C(=O)CCl)cc12.COc1cccc2[nH]c(C(=O)C[C@@H](CC(C)C)C(=O)N[C@@H](C[C@@H]3CCCCC3=O)C(=O)COC(=O)C3(C#N)CCCCC3)cc12.N#CC1(C(=O)O)CCCCC1. The van der Waals surface area contributed by atoms with Crippen LogP contribution in [0.4, 0.5) is 0 Å². The van der Waals surface area contributed by atoms with Gasteiger partial charge < -0.3 is 39.9 Å². The number of H-pyrrole nitrogens is 2. The number of amides is 2. The van der Waals surface area contributed by atoms with Gasteiger partial charge in [0.1, 0.15) is 23.1 Å². The molecule has 2 aromatic heterocycles. The molecule has 4 aliphatic rings. The predicted octanol–water partition coefficient (Wildman–Crippen LogP) is 12.0. The highest BCUT2D eigenvalue weighted by Gasteiger charge is 2.43. The Hall–Kier alpha value is -7.71. The maximum absolute atomic E-state index is 13.8. The highest BCUT2D eigenvalue weighted by molar-refractivity contribution is 6.28. The Bertz CT molecular complexity index is 3320. The quantitative estimate of drug-likeness (QED) is 0.0210. The lowest BCUT2D eigenvalue weighted by Crippen LogP contribution is -2.48. The Morgan fingerprint density at radius 3 is 1.40 bits per heavy atom. The molecule has 4 aromatic rings. The van der Waals surface area contributed by atoms with Crippen molar-refractivity contribution in [1.82, 2.24) is 20.6 Å². The Morgan fingerprint density at radius 1 is 0.615 bits per heavy atom. The van der Waals surface area contributed by atoms with E-state index in [1.165, 1.54) is 0 Å². The lowest BCUT2D eigenvalue weighted by molar-refractivity contribution is -0.157. The van der Waals surface area contributed by atoms with Gasteiger partial charge in [0, 0.05) is 71.2 Å². The number of hydrogen-bond acceptors (Lipinski definition) is 15. The molecule has 0 spiro atoms. The van der Waals surface area contributed by atoms with Gasteiger partial charge in [0.2, 0.25) is 11.8 Å². The van der Waals surface area contributed by atoms with Gasteiger partial charge in [-0.15, -0.1) is 11.6 Å². The molecule has 20 nitrogen and oxygen atoms in total. The second-order valence-corrected chi connectivity index (χ2v) is 26.3. The first kappa shape index (κ1) is 72.4. The van der Waals surface area contributed by atoms with Crippen LogP contribution in [0.5, 0.6) is 11.5 Å². The minimum Gasteiger partial charge on any atom is -0.496 e. The van der Waals surface area contributed by atoms with Crippen LogP contribution in [0.1, 0.15) is 203 Å². The van der Waals surface area contributed by atoms with Crippen molar-refractivity contribution in [3.05, 3.63) is 59.9 Å². The first-order valence-corrected chi connectivity index (χ1v) is 32.9. The van der Waals surface area contributed by atoms with E-state index >= 15 is 0 Å². The van der Waals surface area contributed by atoms with Crippen molar-refractivity contribution in [2.45, 2.75) is 194 Å². The van der Waals surface area contributed by atoms with Crippen molar-refractivity contribution >= 4 is 91.9 Å². The van der Waals surface area contributed by atoms with Gasteiger partial charge in [0.15, 0.2) is 40.6 Å². The molecule has 8 rings (SSSR count). The molecule has 91 heavy (non-hydrogen) atoms. The molecule has 4 saturated carbocycles. The Labute approximate surface area is 538 Å². The van der Waals surface area contributed by atoms with Crippen molar-refractivity contribution in [3.63, 3.8) is 0 Å². The number of fused-ring (bicyclic) bond motifs is 2. The number of hydrogen-bond donors (Lipinski definition) is 5. The number of methoxy groups -OCH3 is 2. The molecular weight excluding hydrogens is 1180 g/mol. The molecule has 2 aromatic carbocycles. The molecule has 2 amide bonds. The summed E-state index contributed by atoms with van der Waals surface area (Å²) in [4.78, 5) is 135. The van der Waals surface area contributed by atoms with Gasteiger partial charge in [-0.3, -0.25) is 47.9 Å². The summed E-state index contributed by atoms with van der Waals surface area (Å²) in [7, 11) is 3.13. The van der Waals surface area contributed by atoms with E-state index in [1.54, 1.807) is 32.4 Å². The number of carboxylic acids is 1. The van der Waals surface area contributed by atoms with E-state index in [4.69, 9.17) is 36.2 Å². The lowest BCUT2D eigenvalue weighted by Gasteiger charge is -2.29. The van der Waals surface area contributed by atoms with Crippen molar-refractivity contribution in [1.29, 1.82) is 10.5 Å². The van der Waals surface area contributed by atoms with E-state index in [9.17, 15) is 53.2 Å². The number of ether oxygens (including phenoxy) is 3. The number of esters is 1. The molecule has 4 fully saturated rings. The number of nitriles is 2. The second kappa shape index (κ2) is 34.6. The highest BCUT2D eigenvalue weighted by Crippen LogP contribution is 2.38. The fourth-order valence-electron chi connectivity index (χ4n) is 13.1. The molecule has 21 heteroatoms. The summed E-state index contributed by atoms with van der Waals surface area (Å²) >= 11 is 5.82. The number of carbonyl (C=O) groups is 10. The Morgan fingerprint density at radius 2 is 1.03 bits per heavy atom. The standard InChI is InChI=1S/C35H45N3O7.C27H35ClN2O5.C8H11NO2/c1-22(2)16-24(18-30(40)28-19-25-26(37-28)11-9-13-32(25)44-3)33(42)38-27(17-23-10-5-6-12-29(23)39)31(41)20-45-34(43)35(21-36)14-7-4-8-15-35;1-16(2)11-18(13-24(32)22-14-19-20(29-22)8-6-10-26(19)35-3)27(34)30-21(25(33)15-28)12-17-7-4-5-9-23(17)31;9-6-8(7(10)11)4-2-1-3-5-8/h9,11,13,19,22-24,27,37H,4-8,10,12,14-18,20H2,1-3H3,(H,38,42);6,8,10,14,16-18,21,29H,4-5,7,9,11-13,15H2,1-3H3,(H,30,34);1-5H2,(H,10,11)/t23-,24+,27-;17-,18+,21-;/m00./s1. The van der Waals surface area contributed by atoms with Crippen LogP contribution < -0.4 is 20.1 Å². The van der Waals surface area contributed by atoms with E-state index in [2.05, 4.69) is 26.7 Å². The van der Waals surface area contributed by atoms with Gasteiger partial charge in [-0.25, -0.2) is 0 Å². The highest BCUT2D eigenvalue weighted by atomic mass is 35.5. The molecule has 0 saturated heterocycles. The zero-order valence-electron chi connectivity index (χ0n) is 53.6. The molecule has 5 N–H and O–H groups in total. The number of benzene rings is 2. The molecule has 6 atom stereocenters. The number of halogens is 1. The average molecular weight is 1280 g/mol. The summed E-state index contributed by atoms with van der Waals surface area (Å²) in [6, 6.07) is 16.6. The summed E-state index contributed by atoms with van der Waals surface area (Å²) in [5.74, 6) is -4.21. The fraction of sp³-hybridized carbons (Fsp3) is 0.600. The van der Waals surface area contributed by atoms with Crippen molar-refractivity contribution in [2.75, 3.05) is 26.7 Å². The number of Topliss-reactive ketones (excluding diaryl/α,β-unsaturated/α-hetero) is 6. The third-order valence-electron chi connectivity index (χ3n) is 18.3. The van der Waals surface area contributed by atoms with Crippen LogP contribution in [0.25, 0.3) is 21.8 Å². The fourth-order valence-corrected chi connectivity index (χ4v) is 13.3. The van der Waals surface area contributed by atoms with Crippen LogP contribution in [0.2, 0.25) is 0 Å². The van der Waals surface area contributed by atoms with E-state index in [1.807, 2.05) is 64.1 Å². The number of nitrogens with one attached hydrogen (secondary N) is 4. The maximum atomic E-state index is 13.8. The number of carbonyl (C=O) groups excluding carboxylic acids is 9. The van der Waals surface area contributed by atoms with Crippen LogP contribution >= 0.6 is 11.6 Å². The van der Waals surface area contributed by atoms with E-state index in [0.29, 0.717) is 80.7 Å². The van der Waals surface area contributed by atoms with Gasteiger partial charge in [0.25, 0.3) is 0 Å². The van der Waals surface area contributed by atoms with Crippen LogP contribution in [0, 0.1) is 69.0 Å². The minimum atomic E-state index is -1.26. The van der Waals surface area contributed by atoms with Gasteiger partial charge in [-0.1, -0.05) is 91.2 Å². The molecule has 2 heterocycles. The number of rotatable bonds is 27. The lowest BCUT2D eigenvalue weighted by atomic mass is 9.75. The number of carboxylic acid groups (broad SMARTS) is 1. The van der Waals surface area contributed by atoms with E-state index in [0.717, 1.165) is 92.4 Å². The number of alkyl halides is 1. The minimum absolute atomic E-state index is 0.00327. The molecular formula is C70H91ClN6O14. The van der Waals surface area contributed by atoms with Gasteiger partial charge in [-0.05, 0) is 125 Å². The summed E-state index contributed by atoms with van der Waals surface area (Å²) in [6.45, 7) is 7.29. The number of aromatic amines is 2. The topological polar surface area (TPSA) is 322 Å². The van der Waals surface area contributed by atoms with Crippen molar-refractivity contribution in [2.24, 2.45) is 46.3 Å². The molecule has 0 radical (unpaired) electrons. The van der Waals surface area contributed by atoms with Gasteiger partial charge >= 0.3 is 11.9 Å². The summed E-state index contributed by atoms with van der Waals surface area (Å²) < 4.78 is 16.2. The number of nitrogens with zero attached hydrogens (tertiary/aromatic N) is 2. The Kier molecular flexibility index (Phi) is 27.5. The molecule has 492 valence electrons. The second-order valence-electron chi connectivity index (χ2n) is 26.0. The maximum Gasteiger partial charge on any atom is 0.326 e.